The maximum atomic E-state index is 12.0. The molecule has 7 nitrogen and oxygen atoms in total. The van der Waals surface area contributed by atoms with Crippen molar-refractivity contribution in [1.82, 2.24) is 10.3 Å². The summed E-state index contributed by atoms with van der Waals surface area (Å²) in [5, 5.41) is 3.85. The average Bonchev–Trinajstić information content (AvgIpc) is 3.09. The van der Waals surface area contributed by atoms with E-state index in [0.29, 0.717) is 18.5 Å². The quantitative estimate of drug-likeness (QED) is 0.550. The van der Waals surface area contributed by atoms with Gasteiger partial charge in [-0.05, 0) is 35.7 Å². The summed E-state index contributed by atoms with van der Waals surface area (Å²) in [5.74, 6) is -1.11. The van der Waals surface area contributed by atoms with Gasteiger partial charge < -0.3 is 15.0 Å². The summed E-state index contributed by atoms with van der Waals surface area (Å²) in [6.07, 6.45) is 3.72. The molecule has 3 rings (SSSR count). The fourth-order valence-corrected chi connectivity index (χ4v) is 3.78. The van der Waals surface area contributed by atoms with Gasteiger partial charge in [0.1, 0.15) is 0 Å². The van der Waals surface area contributed by atoms with E-state index >= 15 is 0 Å². The number of nitrogens with one attached hydrogen (secondary N) is 2. The van der Waals surface area contributed by atoms with Gasteiger partial charge in [0.2, 0.25) is 0 Å². The minimum atomic E-state index is -3.14. The normalized spacial score (nSPS) is 11.3. The topological polar surface area (TPSA) is 105 Å². The van der Waals surface area contributed by atoms with Crippen molar-refractivity contribution in [3.8, 4) is 0 Å². The van der Waals surface area contributed by atoms with E-state index in [1.165, 1.54) is 12.1 Å². The number of sulfone groups is 1. The van der Waals surface area contributed by atoms with Gasteiger partial charge in [0.05, 0.1) is 11.3 Å². The van der Waals surface area contributed by atoms with E-state index in [0.717, 1.165) is 22.7 Å². The molecular weight excluding hydrogens is 392 g/mol. The fourth-order valence-electron chi connectivity index (χ4n) is 2.98. The predicted octanol–water partition coefficient (Wildman–Crippen LogP) is 2.23. The Hall–Kier alpha value is -3.13. The largest absolute Gasteiger partial charge is 0.452 e. The Morgan fingerprint density at radius 1 is 1.07 bits per heavy atom. The average molecular weight is 414 g/mol. The molecular formula is C21H22N2O5S. The van der Waals surface area contributed by atoms with Crippen LogP contribution in [0.5, 0.6) is 0 Å². The van der Waals surface area contributed by atoms with E-state index in [9.17, 15) is 18.0 Å². The van der Waals surface area contributed by atoms with Gasteiger partial charge in [0.15, 0.2) is 16.4 Å². The first-order valence-corrected chi connectivity index (χ1v) is 11.1. The molecule has 0 unspecified atom stereocenters. The van der Waals surface area contributed by atoms with Crippen LogP contribution in [0.4, 0.5) is 0 Å². The molecule has 0 aliphatic heterocycles. The van der Waals surface area contributed by atoms with Crippen LogP contribution in [0.3, 0.4) is 0 Å². The van der Waals surface area contributed by atoms with E-state index in [1.54, 1.807) is 12.1 Å². The molecule has 0 bridgehead atoms. The van der Waals surface area contributed by atoms with Gasteiger partial charge in [0, 0.05) is 29.9 Å². The van der Waals surface area contributed by atoms with E-state index in [4.69, 9.17) is 4.74 Å². The second-order valence-corrected chi connectivity index (χ2v) is 8.94. The smallest absolute Gasteiger partial charge is 0.338 e. The molecule has 1 amide bonds. The molecule has 0 aliphatic rings. The first kappa shape index (κ1) is 20.6. The number of hydrogen-bond donors (Lipinski definition) is 2. The van der Waals surface area contributed by atoms with Crippen LogP contribution in [0.25, 0.3) is 10.9 Å². The molecule has 2 N–H and O–H groups in total. The minimum absolute atomic E-state index is 0.0961. The maximum Gasteiger partial charge on any atom is 0.338 e. The number of para-hydroxylation sites is 1. The number of carbonyl (C=O) groups is 2. The number of aromatic amines is 1. The van der Waals surface area contributed by atoms with Crippen LogP contribution in [0.2, 0.25) is 0 Å². The second kappa shape index (κ2) is 8.91. The lowest BCUT2D eigenvalue weighted by Gasteiger charge is -2.07. The zero-order valence-corrected chi connectivity index (χ0v) is 16.8. The first-order chi connectivity index (χ1) is 13.8. The maximum absolute atomic E-state index is 12.0. The Labute approximate surface area is 169 Å². The van der Waals surface area contributed by atoms with Crippen molar-refractivity contribution in [3.05, 3.63) is 71.4 Å². The molecule has 29 heavy (non-hydrogen) atoms. The third-order valence-corrected chi connectivity index (χ3v) is 5.20. The molecule has 0 fully saturated rings. The number of carbonyl (C=O) groups excluding carboxylic acids is 2. The van der Waals surface area contributed by atoms with E-state index in [-0.39, 0.29) is 23.8 Å². The Morgan fingerprint density at radius 3 is 2.52 bits per heavy atom. The SMILES string of the molecule is CS(=O)(=O)Cc1ccc(C(=O)OCC(=O)NCCc2c[nH]c3ccccc23)cc1. The number of H-pyrrole nitrogens is 1. The van der Waals surface area contributed by atoms with Crippen LogP contribution in [0.1, 0.15) is 21.5 Å². The highest BCUT2D eigenvalue weighted by molar-refractivity contribution is 7.89. The van der Waals surface area contributed by atoms with Gasteiger partial charge >= 0.3 is 5.97 Å². The third kappa shape index (κ3) is 5.92. The van der Waals surface area contributed by atoms with Crippen molar-refractivity contribution in [2.24, 2.45) is 0 Å². The highest BCUT2D eigenvalue weighted by atomic mass is 32.2. The van der Waals surface area contributed by atoms with Gasteiger partial charge in [0.25, 0.3) is 5.91 Å². The standard InChI is InChI=1S/C21H22N2O5S/c1-29(26,27)14-15-6-8-16(9-7-15)21(25)28-13-20(24)22-11-10-17-12-23-19-5-3-2-4-18(17)19/h2-9,12,23H,10-11,13-14H2,1H3,(H,22,24). The number of esters is 1. The molecule has 0 radical (unpaired) electrons. The molecule has 3 aromatic rings. The Balaban J connectivity index is 1.43. The van der Waals surface area contributed by atoms with Crippen molar-refractivity contribution >= 4 is 32.6 Å². The number of amides is 1. The number of rotatable bonds is 8. The summed E-state index contributed by atoms with van der Waals surface area (Å²) in [4.78, 5) is 27.1. The number of fused-ring (bicyclic) bond motifs is 1. The lowest BCUT2D eigenvalue weighted by molar-refractivity contribution is -0.124. The number of aromatic nitrogens is 1. The molecule has 2 aromatic carbocycles. The minimum Gasteiger partial charge on any atom is -0.452 e. The van der Waals surface area contributed by atoms with E-state index in [1.807, 2.05) is 30.5 Å². The summed E-state index contributed by atoms with van der Waals surface area (Å²) in [6.45, 7) is 0.0518. The summed E-state index contributed by atoms with van der Waals surface area (Å²) >= 11 is 0. The van der Waals surface area contributed by atoms with Crippen LogP contribution >= 0.6 is 0 Å². The summed E-state index contributed by atoms with van der Waals surface area (Å²) < 4.78 is 27.6. The van der Waals surface area contributed by atoms with Crippen molar-refractivity contribution in [3.63, 3.8) is 0 Å². The van der Waals surface area contributed by atoms with E-state index in [2.05, 4.69) is 10.3 Å². The van der Waals surface area contributed by atoms with Gasteiger partial charge in [-0.2, -0.15) is 0 Å². The van der Waals surface area contributed by atoms with Gasteiger partial charge in [-0.25, -0.2) is 13.2 Å². The zero-order chi connectivity index (χ0) is 20.9. The Kier molecular flexibility index (Phi) is 6.33. The molecule has 1 aromatic heterocycles. The number of benzene rings is 2. The monoisotopic (exact) mass is 414 g/mol. The van der Waals surface area contributed by atoms with Crippen LogP contribution in [0, 0.1) is 0 Å². The molecule has 0 atom stereocenters. The first-order valence-electron chi connectivity index (χ1n) is 9.07. The molecule has 152 valence electrons. The fraction of sp³-hybridized carbons (Fsp3) is 0.238. The van der Waals surface area contributed by atoms with Crippen LogP contribution in [0.15, 0.2) is 54.7 Å². The molecule has 1 heterocycles. The molecule has 0 saturated heterocycles. The molecule has 8 heteroatoms. The summed E-state index contributed by atoms with van der Waals surface area (Å²) in [5.41, 5.74) is 2.99. The number of hydrogen-bond acceptors (Lipinski definition) is 5. The summed E-state index contributed by atoms with van der Waals surface area (Å²) in [7, 11) is -3.14. The van der Waals surface area contributed by atoms with Crippen LogP contribution in [-0.4, -0.2) is 44.7 Å². The van der Waals surface area contributed by atoms with Gasteiger partial charge in [-0.1, -0.05) is 30.3 Å². The van der Waals surface area contributed by atoms with Crippen molar-refractivity contribution in [2.75, 3.05) is 19.4 Å². The third-order valence-electron chi connectivity index (χ3n) is 4.34. The van der Waals surface area contributed by atoms with Crippen LogP contribution < -0.4 is 5.32 Å². The van der Waals surface area contributed by atoms with E-state index < -0.39 is 15.8 Å². The van der Waals surface area contributed by atoms with Gasteiger partial charge in [-0.15, -0.1) is 0 Å². The van der Waals surface area contributed by atoms with Crippen molar-refractivity contribution in [1.29, 1.82) is 0 Å². The highest BCUT2D eigenvalue weighted by Crippen LogP contribution is 2.17. The lowest BCUT2D eigenvalue weighted by atomic mass is 10.1. The second-order valence-electron chi connectivity index (χ2n) is 6.80. The van der Waals surface area contributed by atoms with Crippen LogP contribution in [-0.2, 0) is 31.5 Å². The zero-order valence-electron chi connectivity index (χ0n) is 16.0. The highest BCUT2D eigenvalue weighted by Gasteiger charge is 2.11. The molecule has 0 aliphatic carbocycles. The van der Waals surface area contributed by atoms with Crippen molar-refractivity contribution in [2.45, 2.75) is 12.2 Å². The lowest BCUT2D eigenvalue weighted by Crippen LogP contribution is -2.30. The van der Waals surface area contributed by atoms with Crippen molar-refractivity contribution < 1.29 is 22.7 Å². The Bertz CT molecular complexity index is 1120. The van der Waals surface area contributed by atoms with Gasteiger partial charge in [-0.3, -0.25) is 4.79 Å². The molecule has 0 saturated carbocycles. The predicted molar refractivity (Wildman–Crippen MR) is 110 cm³/mol. The number of ether oxygens (including phenoxy) is 1. The Morgan fingerprint density at radius 2 is 1.79 bits per heavy atom. The molecule has 0 spiro atoms. The summed E-state index contributed by atoms with van der Waals surface area (Å²) in [6, 6.07) is 14.0.